The van der Waals surface area contributed by atoms with E-state index in [9.17, 15) is 4.39 Å². The zero-order valence-corrected chi connectivity index (χ0v) is 8.65. The Kier molecular flexibility index (Phi) is 3.04. The van der Waals surface area contributed by atoms with Gasteiger partial charge in [-0.05, 0) is 25.1 Å². The minimum atomic E-state index is -0.157. The molecule has 0 atom stereocenters. The molecule has 0 nitrogen and oxygen atoms in total. The first kappa shape index (κ1) is 9.46. The summed E-state index contributed by atoms with van der Waals surface area (Å²) >= 11 is 3.31. The van der Waals surface area contributed by atoms with Gasteiger partial charge in [-0.15, -0.1) is 0 Å². The zero-order valence-electron chi connectivity index (χ0n) is 7.07. The van der Waals surface area contributed by atoms with Crippen molar-refractivity contribution in [3.8, 4) is 0 Å². The van der Waals surface area contributed by atoms with Crippen LogP contribution in [-0.4, -0.2) is 0 Å². The summed E-state index contributed by atoms with van der Waals surface area (Å²) in [5.74, 6) is -0.157. The number of hydrogen-bond acceptors (Lipinski definition) is 0. The highest BCUT2D eigenvalue weighted by Gasteiger charge is 1.95. The summed E-state index contributed by atoms with van der Waals surface area (Å²) < 4.78 is 13.8. The molecule has 0 fully saturated rings. The monoisotopic (exact) mass is 228 g/mol. The maximum absolute atomic E-state index is 13.0. The van der Waals surface area contributed by atoms with Crippen LogP contribution in [0.5, 0.6) is 0 Å². The lowest BCUT2D eigenvalue weighted by Gasteiger charge is -1.94. The van der Waals surface area contributed by atoms with E-state index in [4.69, 9.17) is 0 Å². The fourth-order valence-corrected chi connectivity index (χ4v) is 1.80. The van der Waals surface area contributed by atoms with Gasteiger partial charge in [0.15, 0.2) is 0 Å². The van der Waals surface area contributed by atoms with E-state index >= 15 is 0 Å². The molecule has 0 amide bonds. The smallest absolute Gasteiger partial charge is 0.106 e. The van der Waals surface area contributed by atoms with Gasteiger partial charge >= 0.3 is 0 Å². The molecule has 0 aliphatic rings. The molecular formula is C10H10BrF. The number of halogens is 2. The van der Waals surface area contributed by atoms with Crippen molar-refractivity contribution < 1.29 is 4.39 Å². The van der Waals surface area contributed by atoms with Gasteiger partial charge < -0.3 is 0 Å². The number of hydrogen-bond donors (Lipinski definition) is 0. The minimum absolute atomic E-state index is 0.157. The van der Waals surface area contributed by atoms with E-state index in [2.05, 4.69) is 15.9 Å². The topological polar surface area (TPSA) is 0 Å². The van der Waals surface area contributed by atoms with Gasteiger partial charge in [0.2, 0.25) is 0 Å². The van der Waals surface area contributed by atoms with Crippen molar-refractivity contribution in [1.29, 1.82) is 0 Å². The summed E-state index contributed by atoms with van der Waals surface area (Å²) in [7, 11) is 0. The van der Waals surface area contributed by atoms with E-state index in [1.807, 2.05) is 31.2 Å². The minimum Gasteiger partial charge on any atom is -0.211 e. The molecule has 0 aliphatic carbocycles. The lowest BCUT2D eigenvalue weighted by Crippen LogP contribution is -2.26. The van der Waals surface area contributed by atoms with Crippen LogP contribution in [0.2, 0.25) is 0 Å². The Morgan fingerprint density at radius 1 is 1.50 bits per heavy atom. The molecule has 2 heteroatoms. The lowest BCUT2D eigenvalue weighted by atomic mass is 10.2. The second-order valence-electron chi connectivity index (χ2n) is 2.53. The molecule has 1 aromatic carbocycles. The normalized spacial score (nSPS) is 14.8. The summed E-state index contributed by atoms with van der Waals surface area (Å²) in [5.41, 5.74) is 0. The standard InChI is InChI=1S/C10H10BrF/c1-3-8-5-4-6-9(11)10(8)7(2)12/h3-6H,1-2H3/b8-3-,10-7-. The van der Waals surface area contributed by atoms with Gasteiger partial charge in [-0.2, -0.15) is 0 Å². The largest absolute Gasteiger partial charge is 0.211 e. The summed E-state index contributed by atoms with van der Waals surface area (Å²) in [6.45, 7) is 3.36. The predicted molar refractivity (Wildman–Crippen MR) is 53.7 cm³/mol. The summed E-state index contributed by atoms with van der Waals surface area (Å²) in [4.78, 5) is 0. The summed E-state index contributed by atoms with van der Waals surface area (Å²) in [5, 5.41) is 1.57. The Labute approximate surface area is 79.5 Å². The highest BCUT2D eigenvalue weighted by molar-refractivity contribution is 9.10. The summed E-state index contributed by atoms with van der Waals surface area (Å²) in [6.07, 6.45) is 1.89. The Balaban J connectivity index is 3.78. The molecule has 1 aromatic rings. The Bertz CT molecular complexity index is 389. The number of rotatable bonds is 0. The zero-order chi connectivity index (χ0) is 9.14. The predicted octanol–water partition coefficient (Wildman–Crippen LogP) is 2.35. The molecule has 0 unspecified atom stereocenters. The van der Waals surface area contributed by atoms with Gasteiger partial charge in [-0.1, -0.05) is 34.1 Å². The first-order valence-electron chi connectivity index (χ1n) is 3.74. The molecule has 0 aliphatic heterocycles. The van der Waals surface area contributed by atoms with Crippen LogP contribution >= 0.6 is 15.9 Å². The van der Waals surface area contributed by atoms with Crippen molar-refractivity contribution in [1.82, 2.24) is 0 Å². The molecule has 12 heavy (non-hydrogen) atoms. The maximum Gasteiger partial charge on any atom is 0.106 e. The Morgan fingerprint density at radius 2 is 2.17 bits per heavy atom. The molecular weight excluding hydrogens is 219 g/mol. The molecule has 64 valence electrons. The van der Waals surface area contributed by atoms with Gasteiger partial charge in [0, 0.05) is 9.69 Å². The van der Waals surface area contributed by atoms with Gasteiger partial charge in [0.1, 0.15) is 5.83 Å². The first-order valence-corrected chi connectivity index (χ1v) is 4.53. The second-order valence-corrected chi connectivity index (χ2v) is 3.38. The molecule has 0 aromatic heterocycles. The van der Waals surface area contributed by atoms with Crippen LogP contribution in [-0.2, 0) is 0 Å². The summed E-state index contributed by atoms with van der Waals surface area (Å²) in [6, 6.07) is 5.63. The van der Waals surface area contributed by atoms with Crippen LogP contribution < -0.4 is 10.4 Å². The van der Waals surface area contributed by atoms with Gasteiger partial charge in [-0.25, -0.2) is 4.39 Å². The fraction of sp³-hybridized carbons (Fsp3) is 0.200. The molecule has 0 saturated carbocycles. The molecule has 0 saturated heterocycles. The van der Waals surface area contributed by atoms with Crippen molar-refractivity contribution in [3.63, 3.8) is 0 Å². The van der Waals surface area contributed by atoms with Crippen molar-refractivity contribution >= 4 is 27.8 Å². The molecule has 0 bridgehead atoms. The molecule has 0 N–H and O–H groups in total. The third-order valence-electron chi connectivity index (χ3n) is 1.70. The van der Waals surface area contributed by atoms with Crippen LogP contribution in [0.4, 0.5) is 4.39 Å². The highest BCUT2D eigenvalue weighted by atomic mass is 79.9. The number of benzene rings is 1. The van der Waals surface area contributed by atoms with Crippen molar-refractivity contribution in [2.24, 2.45) is 0 Å². The first-order chi connectivity index (χ1) is 5.66. The van der Waals surface area contributed by atoms with Crippen LogP contribution in [0.15, 0.2) is 22.7 Å². The van der Waals surface area contributed by atoms with Crippen LogP contribution in [0, 0.1) is 0 Å². The SMILES string of the molecule is C/C=c1/cccc(Br)/c1=C(/C)F. The van der Waals surface area contributed by atoms with Crippen molar-refractivity contribution in [2.75, 3.05) is 0 Å². The van der Waals surface area contributed by atoms with Crippen LogP contribution in [0.3, 0.4) is 0 Å². The fourth-order valence-electron chi connectivity index (χ4n) is 1.14. The van der Waals surface area contributed by atoms with E-state index in [1.165, 1.54) is 6.92 Å². The van der Waals surface area contributed by atoms with E-state index in [0.717, 1.165) is 9.69 Å². The van der Waals surface area contributed by atoms with E-state index < -0.39 is 0 Å². The third kappa shape index (κ3) is 1.75. The Hall–Kier alpha value is -0.630. The molecule has 1 rings (SSSR count). The van der Waals surface area contributed by atoms with E-state index in [0.29, 0.717) is 5.22 Å². The Morgan fingerprint density at radius 3 is 2.58 bits per heavy atom. The van der Waals surface area contributed by atoms with Gasteiger partial charge in [0.05, 0.1) is 0 Å². The maximum atomic E-state index is 13.0. The molecule has 0 spiro atoms. The lowest BCUT2D eigenvalue weighted by molar-refractivity contribution is 0.739. The molecule has 0 radical (unpaired) electrons. The third-order valence-corrected chi connectivity index (χ3v) is 2.36. The van der Waals surface area contributed by atoms with Crippen LogP contribution in [0.1, 0.15) is 13.8 Å². The quantitative estimate of drug-likeness (QED) is 0.640. The average Bonchev–Trinajstić information content (AvgIpc) is 2.03. The molecule has 0 heterocycles. The van der Waals surface area contributed by atoms with E-state index in [-0.39, 0.29) is 5.83 Å². The second kappa shape index (κ2) is 3.85. The van der Waals surface area contributed by atoms with Gasteiger partial charge in [-0.3, -0.25) is 0 Å². The van der Waals surface area contributed by atoms with Gasteiger partial charge in [0.25, 0.3) is 0 Å². The van der Waals surface area contributed by atoms with Crippen LogP contribution in [0.25, 0.3) is 11.9 Å². The highest BCUT2D eigenvalue weighted by Crippen LogP contribution is 2.01. The van der Waals surface area contributed by atoms with Crippen molar-refractivity contribution in [2.45, 2.75) is 13.8 Å². The average molecular weight is 229 g/mol. The van der Waals surface area contributed by atoms with Crippen molar-refractivity contribution in [3.05, 3.63) is 33.1 Å². The van der Waals surface area contributed by atoms with E-state index in [1.54, 1.807) is 0 Å².